The second-order valence-electron chi connectivity index (χ2n) is 8.50. The Morgan fingerprint density at radius 2 is 1.93 bits per heavy atom. The van der Waals surface area contributed by atoms with Gasteiger partial charge in [-0.1, -0.05) is 32.9 Å². The van der Waals surface area contributed by atoms with E-state index in [9.17, 15) is 4.79 Å². The van der Waals surface area contributed by atoms with Crippen molar-refractivity contribution in [1.29, 1.82) is 0 Å². The van der Waals surface area contributed by atoms with Crippen LogP contribution in [0.1, 0.15) is 46.3 Å². The van der Waals surface area contributed by atoms with E-state index in [1.807, 2.05) is 42.5 Å². The van der Waals surface area contributed by atoms with Gasteiger partial charge in [0.2, 0.25) is 5.91 Å². The molecule has 0 aliphatic heterocycles. The number of hydrogen-bond donors (Lipinski definition) is 2. The van der Waals surface area contributed by atoms with Gasteiger partial charge in [-0.25, -0.2) is 0 Å². The maximum Gasteiger partial charge on any atom is 0.235 e. The number of methoxy groups -OCH3 is 1. The molecular formula is C23H28N2O2. The molecule has 4 nitrogen and oxygen atoms in total. The van der Waals surface area contributed by atoms with E-state index in [0.29, 0.717) is 0 Å². The van der Waals surface area contributed by atoms with Crippen LogP contribution >= 0.6 is 0 Å². The van der Waals surface area contributed by atoms with Crippen LogP contribution in [0.15, 0.2) is 48.5 Å². The lowest BCUT2D eigenvalue weighted by Gasteiger charge is -2.16. The SMILES string of the molecule is COc1cccc(C2(C(=O)Nc3ccc4[nH]c(C(C)(C)C)cc4c3)CC2)c1.[HH]. The van der Waals surface area contributed by atoms with Crippen LogP contribution in [-0.4, -0.2) is 18.0 Å². The van der Waals surface area contributed by atoms with Crippen molar-refractivity contribution in [3.63, 3.8) is 0 Å². The number of rotatable bonds is 4. The minimum absolute atomic E-state index is 0. The van der Waals surface area contributed by atoms with Crippen LogP contribution in [0.3, 0.4) is 0 Å². The molecule has 0 spiro atoms. The number of carbonyl (C=O) groups is 1. The van der Waals surface area contributed by atoms with Crippen LogP contribution in [0.4, 0.5) is 5.69 Å². The van der Waals surface area contributed by atoms with Crippen LogP contribution in [0, 0.1) is 0 Å². The van der Waals surface area contributed by atoms with Crippen molar-refractivity contribution in [2.24, 2.45) is 0 Å². The van der Waals surface area contributed by atoms with Crippen molar-refractivity contribution in [1.82, 2.24) is 4.98 Å². The Morgan fingerprint density at radius 1 is 1.15 bits per heavy atom. The summed E-state index contributed by atoms with van der Waals surface area (Å²) in [6.45, 7) is 6.56. The first-order valence-electron chi connectivity index (χ1n) is 9.41. The second-order valence-corrected chi connectivity index (χ2v) is 8.50. The number of fused-ring (bicyclic) bond motifs is 1. The highest BCUT2D eigenvalue weighted by atomic mass is 16.5. The van der Waals surface area contributed by atoms with Crippen LogP contribution in [-0.2, 0) is 15.6 Å². The summed E-state index contributed by atoms with van der Waals surface area (Å²) < 4.78 is 5.32. The Kier molecular flexibility index (Phi) is 4.02. The van der Waals surface area contributed by atoms with E-state index in [2.05, 4.69) is 37.1 Å². The normalized spacial score (nSPS) is 15.6. The summed E-state index contributed by atoms with van der Waals surface area (Å²) in [7, 11) is 1.65. The van der Waals surface area contributed by atoms with E-state index in [1.165, 1.54) is 5.69 Å². The first-order valence-corrected chi connectivity index (χ1v) is 9.41. The van der Waals surface area contributed by atoms with Gasteiger partial charge in [-0.15, -0.1) is 0 Å². The maximum atomic E-state index is 13.0. The number of benzene rings is 2. The fourth-order valence-corrected chi connectivity index (χ4v) is 3.56. The van der Waals surface area contributed by atoms with Crippen molar-refractivity contribution in [2.75, 3.05) is 12.4 Å². The average Bonchev–Trinajstić information content (AvgIpc) is 3.34. The van der Waals surface area contributed by atoms with Gasteiger partial charge in [-0.05, 0) is 54.8 Å². The molecule has 1 aliphatic carbocycles. The predicted molar refractivity (Wildman–Crippen MR) is 112 cm³/mol. The largest absolute Gasteiger partial charge is 0.497 e. The van der Waals surface area contributed by atoms with Gasteiger partial charge in [0, 0.05) is 29.1 Å². The number of amides is 1. The van der Waals surface area contributed by atoms with E-state index in [0.717, 1.165) is 40.7 Å². The molecule has 27 heavy (non-hydrogen) atoms. The lowest BCUT2D eigenvalue weighted by atomic mass is 9.92. The number of aromatic nitrogens is 1. The number of ether oxygens (including phenoxy) is 1. The maximum absolute atomic E-state index is 13.0. The summed E-state index contributed by atoms with van der Waals surface area (Å²) in [6, 6.07) is 16.0. The number of hydrogen-bond acceptors (Lipinski definition) is 2. The summed E-state index contributed by atoms with van der Waals surface area (Å²) in [4.78, 5) is 16.5. The predicted octanol–water partition coefficient (Wildman–Crippen LogP) is 5.39. The summed E-state index contributed by atoms with van der Waals surface area (Å²) in [5.41, 5.74) is 3.77. The monoisotopic (exact) mass is 364 g/mol. The zero-order valence-electron chi connectivity index (χ0n) is 16.3. The summed E-state index contributed by atoms with van der Waals surface area (Å²) in [5, 5.41) is 4.24. The van der Waals surface area contributed by atoms with Gasteiger partial charge in [0.15, 0.2) is 0 Å². The van der Waals surface area contributed by atoms with E-state index in [4.69, 9.17) is 4.74 Å². The van der Waals surface area contributed by atoms with Crippen molar-refractivity contribution >= 4 is 22.5 Å². The molecule has 4 rings (SSSR count). The topological polar surface area (TPSA) is 54.1 Å². The fourth-order valence-electron chi connectivity index (χ4n) is 3.56. The second kappa shape index (κ2) is 6.15. The van der Waals surface area contributed by atoms with Crippen molar-refractivity contribution < 1.29 is 11.0 Å². The fraction of sp³-hybridized carbons (Fsp3) is 0.348. The van der Waals surface area contributed by atoms with E-state index in [-0.39, 0.29) is 12.7 Å². The first kappa shape index (κ1) is 17.7. The minimum atomic E-state index is -0.432. The molecule has 1 aromatic heterocycles. The Labute approximate surface area is 161 Å². The molecule has 2 N–H and O–H groups in total. The average molecular weight is 364 g/mol. The van der Waals surface area contributed by atoms with Crippen molar-refractivity contribution in [3.05, 3.63) is 59.8 Å². The zero-order valence-corrected chi connectivity index (χ0v) is 16.3. The lowest BCUT2D eigenvalue weighted by Crippen LogP contribution is -2.27. The summed E-state index contributed by atoms with van der Waals surface area (Å²) >= 11 is 0. The molecule has 1 saturated carbocycles. The number of H-pyrrole nitrogens is 1. The van der Waals surface area contributed by atoms with Gasteiger partial charge < -0.3 is 15.0 Å². The molecule has 0 unspecified atom stereocenters. The van der Waals surface area contributed by atoms with Gasteiger partial charge in [0.1, 0.15) is 5.75 Å². The minimum Gasteiger partial charge on any atom is -0.497 e. The molecular weight excluding hydrogens is 336 g/mol. The Hall–Kier alpha value is -2.75. The van der Waals surface area contributed by atoms with Gasteiger partial charge in [0.25, 0.3) is 0 Å². The number of carbonyl (C=O) groups excluding carboxylic acids is 1. The molecule has 1 aliphatic rings. The molecule has 1 heterocycles. The zero-order chi connectivity index (χ0) is 19.2. The first-order chi connectivity index (χ1) is 12.8. The molecule has 4 heteroatoms. The number of nitrogens with one attached hydrogen (secondary N) is 2. The molecule has 3 aromatic rings. The summed E-state index contributed by atoms with van der Waals surface area (Å²) in [6.07, 6.45) is 1.74. The highest BCUT2D eigenvalue weighted by molar-refractivity contribution is 6.02. The third kappa shape index (κ3) is 3.20. The van der Waals surface area contributed by atoms with E-state index >= 15 is 0 Å². The number of anilines is 1. The van der Waals surface area contributed by atoms with Gasteiger partial charge >= 0.3 is 0 Å². The van der Waals surface area contributed by atoms with Gasteiger partial charge in [-0.2, -0.15) is 0 Å². The van der Waals surface area contributed by atoms with Crippen molar-refractivity contribution in [2.45, 2.75) is 44.4 Å². The third-order valence-electron chi connectivity index (χ3n) is 5.49. The molecule has 0 bridgehead atoms. The Morgan fingerprint density at radius 3 is 2.59 bits per heavy atom. The lowest BCUT2D eigenvalue weighted by molar-refractivity contribution is -0.118. The molecule has 142 valence electrons. The molecule has 1 fully saturated rings. The number of aromatic amines is 1. The Balaban J connectivity index is 0.00000225. The van der Waals surface area contributed by atoms with Crippen LogP contribution in [0.25, 0.3) is 10.9 Å². The molecule has 2 aromatic carbocycles. The van der Waals surface area contributed by atoms with Gasteiger partial charge in [0.05, 0.1) is 12.5 Å². The van der Waals surface area contributed by atoms with E-state index in [1.54, 1.807) is 7.11 Å². The summed E-state index contributed by atoms with van der Waals surface area (Å²) in [5.74, 6) is 0.844. The van der Waals surface area contributed by atoms with Gasteiger partial charge in [-0.3, -0.25) is 4.79 Å². The highest BCUT2D eigenvalue weighted by Crippen LogP contribution is 2.49. The molecule has 1 amide bonds. The van der Waals surface area contributed by atoms with Crippen LogP contribution in [0.5, 0.6) is 5.75 Å². The van der Waals surface area contributed by atoms with E-state index < -0.39 is 5.41 Å². The van der Waals surface area contributed by atoms with Crippen molar-refractivity contribution in [3.8, 4) is 5.75 Å². The quantitative estimate of drug-likeness (QED) is 0.652. The van der Waals surface area contributed by atoms with Crippen LogP contribution in [0.2, 0.25) is 0 Å². The molecule has 0 atom stereocenters. The van der Waals surface area contributed by atoms with Crippen LogP contribution < -0.4 is 10.1 Å². The standard InChI is InChI=1S/C23H26N2O2.H2/c1-22(2,3)20-13-15-12-17(8-9-19(15)25-20)24-21(26)23(10-11-23)16-6-5-7-18(14-16)27-4;/h5-9,12-14,25H,10-11H2,1-4H3,(H,24,26);1H. The Bertz CT molecular complexity index is 1010. The molecule has 0 saturated heterocycles. The smallest absolute Gasteiger partial charge is 0.235 e. The third-order valence-corrected chi connectivity index (χ3v) is 5.49. The highest BCUT2D eigenvalue weighted by Gasteiger charge is 2.51. The molecule has 0 radical (unpaired) electrons.